The monoisotopic (exact) mass is 247 g/mol. The SMILES string of the molecule is O=S(=O)=Nc1ccccc1Oc1ccccc1. The smallest absolute Gasteiger partial charge is 0.316 e. The molecule has 0 aliphatic rings. The molecule has 0 aromatic heterocycles. The first-order chi connectivity index (χ1) is 8.25. The van der Waals surface area contributed by atoms with Gasteiger partial charge in [0.2, 0.25) is 0 Å². The summed E-state index contributed by atoms with van der Waals surface area (Å²) in [7, 11) is -2.49. The zero-order valence-corrected chi connectivity index (χ0v) is 9.59. The van der Waals surface area contributed by atoms with Crippen LogP contribution in [0.2, 0.25) is 0 Å². The van der Waals surface area contributed by atoms with Crippen molar-refractivity contribution < 1.29 is 13.2 Å². The van der Waals surface area contributed by atoms with Crippen LogP contribution in [-0.2, 0) is 10.5 Å². The first-order valence-corrected chi connectivity index (χ1v) is 5.92. The summed E-state index contributed by atoms with van der Waals surface area (Å²) >= 11 is 0. The van der Waals surface area contributed by atoms with Gasteiger partial charge in [0, 0.05) is 0 Å². The fourth-order valence-electron chi connectivity index (χ4n) is 1.31. The van der Waals surface area contributed by atoms with Crippen molar-refractivity contribution in [1.29, 1.82) is 0 Å². The van der Waals surface area contributed by atoms with Gasteiger partial charge < -0.3 is 4.74 Å². The summed E-state index contributed by atoms with van der Waals surface area (Å²) < 4.78 is 30.1. The Labute approximate surface area is 100 Å². The number of para-hydroxylation sites is 2. The number of nitrogens with zero attached hydrogens (tertiary/aromatic N) is 1. The average molecular weight is 247 g/mol. The van der Waals surface area contributed by atoms with Crippen LogP contribution in [0.25, 0.3) is 0 Å². The lowest BCUT2D eigenvalue weighted by atomic mass is 10.3. The van der Waals surface area contributed by atoms with Crippen molar-refractivity contribution in [2.24, 2.45) is 4.36 Å². The number of rotatable bonds is 3. The van der Waals surface area contributed by atoms with Crippen molar-refractivity contribution in [1.82, 2.24) is 0 Å². The van der Waals surface area contributed by atoms with Gasteiger partial charge >= 0.3 is 10.5 Å². The predicted octanol–water partition coefficient (Wildman–Crippen LogP) is 3.17. The average Bonchev–Trinajstić information content (AvgIpc) is 2.32. The van der Waals surface area contributed by atoms with Crippen LogP contribution in [0.4, 0.5) is 5.69 Å². The zero-order valence-electron chi connectivity index (χ0n) is 8.78. The van der Waals surface area contributed by atoms with Gasteiger partial charge in [0.25, 0.3) is 0 Å². The van der Waals surface area contributed by atoms with Crippen LogP contribution in [0.15, 0.2) is 59.0 Å². The molecule has 17 heavy (non-hydrogen) atoms. The fraction of sp³-hybridized carbons (Fsp3) is 0. The Balaban J connectivity index is 2.37. The van der Waals surface area contributed by atoms with E-state index in [0.717, 1.165) is 0 Å². The Morgan fingerprint density at radius 3 is 2.24 bits per heavy atom. The molecule has 86 valence electrons. The van der Waals surface area contributed by atoms with Crippen LogP contribution in [0.1, 0.15) is 0 Å². The molecule has 0 N–H and O–H groups in total. The molecule has 4 nitrogen and oxygen atoms in total. The molecule has 5 heteroatoms. The van der Waals surface area contributed by atoms with Gasteiger partial charge in [-0.15, -0.1) is 4.36 Å². The zero-order chi connectivity index (χ0) is 12.1. The second-order valence-corrected chi connectivity index (χ2v) is 3.81. The highest BCUT2D eigenvalue weighted by Crippen LogP contribution is 2.30. The highest BCUT2D eigenvalue weighted by Gasteiger charge is 2.03. The molecule has 0 heterocycles. The molecule has 0 saturated carbocycles. The lowest BCUT2D eigenvalue weighted by Crippen LogP contribution is -1.83. The van der Waals surface area contributed by atoms with E-state index in [9.17, 15) is 8.42 Å². The van der Waals surface area contributed by atoms with Gasteiger partial charge in [-0.05, 0) is 24.3 Å². The van der Waals surface area contributed by atoms with Crippen LogP contribution in [0, 0.1) is 0 Å². The van der Waals surface area contributed by atoms with Crippen LogP contribution < -0.4 is 4.74 Å². The number of benzene rings is 2. The third-order valence-corrected chi connectivity index (χ3v) is 2.35. The van der Waals surface area contributed by atoms with Crippen LogP contribution in [0.3, 0.4) is 0 Å². The van der Waals surface area contributed by atoms with Crippen molar-refractivity contribution in [3.8, 4) is 11.5 Å². The maximum Gasteiger partial charge on any atom is 0.316 e. The molecule has 0 aliphatic carbocycles. The van der Waals surface area contributed by atoms with E-state index in [-0.39, 0.29) is 5.69 Å². The van der Waals surface area contributed by atoms with E-state index in [1.165, 1.54) is 0 Å². The maximum absolute atomic E-state index is 10.6. The van der Waals surface area contributed by atoms with Gasteiger partial charge in [-0.25, -0.2) is 0 Å². The standard InChI is InChI=1S/C12H9NO3S/c14-17(15)13-11-8-4-5-9-12(11)16-10-6-2-1-3-7-10/h1-9H. The van der Waals surface area contributed by atoms with E-state index < -0.39 is 10.5 Å². The largest absolute Gasteiger partial charge is 0.455 e. The summed E-state index contributed by atoms with van der Waals surface area (Å²) in [6, 6.07) is 15.8. The normalized spacial score (nSPS) is 9.65. The molecular formula is C12H9NO3S. The molecule has 0 aliphatic heterocycles. The Hall–Kier alpha value is -2.14. The number of hydrogen-bond acceptors (Lipinski definition) is 4. The molecule has 0 saturated heterocycles. The summed E-state index contributed by atoms with van der Waals surface area (Å²) in [6.45, 7) is 0. The van der Waals surface area contributed by atoms with Gasteiger partial charge in [-0.2, -0.15) is 8.42 Å². The Bertz CT molecular complexity index is 628. The van der Waals surface area contributed by atoms with Crippen LogP contribution in [-0.4, -0.2) is 8.42 Å². The second kappa shape index (κ2) is 5.27. The first-order valence-electron chi connectivity index (χ1n) is 4.89. The van der Waals surface area contributed by atoms with E-state index in [1.807, 2.05) is 18.2 Å². The molecule has 0 spiro atoms. The van der Waals surface area contributed by atoms with Crippen molar-refractivity contribution in [3.63, 3.8) is 0 Å². The Morgan fingerprint density at radius 2 is 1.53 bits per heavy atom. The van der Waals surface area contributed by atoms with Crippen molar-refractivity contribution in [2.75, 3.05) is 0 Å². The van der Waals surface area contributed by atoms with Crippen molar-refractivity contribution in [2.45, 2.75) is 0 Å². The lowest BCUT2D eigenvalue weighted by Gasteiger charge is -2.06. The topological polar surface area (TPSA) is 55.7 Å². The molecule has 0 bridgehead atoms. The predicted molar refractivity (Wildman–Crippen MR) is 64.0 cm³/mol. The quantitative estimate of drug-likeness (QED) is 0.837. The van der Waals surface area contributed by atoms with Gasteiger partial charge in [0.05, 0.1) is 0 Å². The fourth-order valence-corrected chi connectivity index (χ4v) is 1.63. The molecule has 2 aromatic rings. The van der Waals surface area contributed by atoms with Crippen molar-refractivity contribution in [3.05, 3.63) is 54.6 Å². The van der Waals surface area contributed by atoms with E-state index in [0.29, 0.717) is 11.5 Å². The third-order valence-electron chi connectivity index (χ3n) is 2.01. The number of ether oxygens (including phenoxy) is 1. The molecule has 0 radical (unpaired) electrons. The highest BCUT2D eigenvalue weighted by molar-refractivity contribution is 7.61. The third kappa shape index (κ3) is 3.15. The minimum absolute atomic E-state index is 0.282. The van der Waals surface area contributed by atoms with Crippen molar-refractivity contribution >= 4 is 16.2 Å². The Kier molecular flexibility index (Phi) is 3.52. The lowest BCUT2D eigenvalue weighted by molar-refractivity contribution is 0.484. The molecule has 0 unspecified atom stereocenters. The van der Waals surface area contributed by atoms with E-state index >= 15 is 0 Å². The maximum atomic E-state index is 10.6. The van der Waals surface area contributed by atoms with Gasteiger partial charge in [-0.1, -0.05) is 30.3 Å². The van der Waals surface area contributed by atoms with Gasteiger partial charge in [0.15, 0.2) is 5.75 Å². The summed E-state index contributed by atoms with van der Waals surface area (Å²) in [6.07, 6.45) is 0. The number of hydrogen-bond donors (Lipinski definition) is 0. The summed E-state index contributed by atoms with van der Waals surface area (Å²) in [4.78, 5) is 0. The van der Waals surface area contributed by atoms with E-state index in [2.05, 4.69) is 4.36 Å². The highest BCUT2D eigenvalue weighted by atomic mass is 32.2. The van der Waals surface area contributed by atoms with Gasteiger partial charge in [-0.3, -0.25) is 0 Å². The Morgan fingerprint density at radius 1 is 0.882 bits per heavy atom. The molecule has 0 fully saturated rings. The van der Waals surface area contributed by atoms with Crippen LogP contribution in [0.5, 0.6) is 11.5 Å². The van der Waals surface area contributed by atoms with Gasteiger partial charge in [0.1, 0.15) is 11.4 Å². The van der Waals surface area contributed by atoms with E-state index in [4.69, 9.17) is 4.74 Å². The molecule has 2 rings (SSSR count). The molecule has 2 aromatic carbocycles. The molecule has 0 amide bonds. The van der Waals surface area contributed by atoms with E-state index in [1.54, 1.807) is 36.4 Å². The first kappa shape index (κ1) is 11.3. The summed E-state index contributed by atoms with van der Waals surface area (Å²) in [5, 5.41) is 0. The summed E-state index contributed by atoms with van der Waals surface area (Å²) in [5.41, 5.74) is 0.282. The summed E-state index contributed by atoms with van der Waals surface area (Å²) in [5.74, 6) is 1.04. The molecular weight excluding hydrogens is 238 g/mol. The second-order valence-electron chi connectivity index (χ2n) is 3.19. The van der Waals surface area contributed by atoms with Crippen LogP contribution >= 0.6 is 0 Å². The minimum atomic E-state index is -2.49. The molecule has 0 atom stereocenters. The minimum Gasteiger partial charge on any atom is -0.455 e.